The predicted molar refractivity (Wildman–Crippen MR) is 111 cm³/mol. The molecule has 0 aromatic heterocycles. The van der Waals surface area contributed by atoms with Gasteiger partial charge in [0.05, 0.1) is 16.4 Å². The lowest BCUT2D eigenvalue weighted by molar-refractivity contribution is 0.597. The van der Waals surface area contributed by atoms with Crippen LogP contribution in [0.5, 0.6) is 0 Å². The third-order valence-corrected chi connectivity index (χ3v) is 4.50. The summed E-state index contributed by atoms with van der Waals surface area (Å²) in [6, 6.07) is 13.3. The lowest BCUT2D eigenvalue weighted by atomic mass is 10.1. The molecule has 0 atom stereocenters. The molecule has 0 spiro atoms. The van der Waals surface area contributed by atoms with E-state index in [2.05, 4.69) is 27.9 Å². The Morgan fingerprint density at radius 2 is 1.62 bits per heavy atom. The Labute approximate surface area is 163 Å². The van der Waals surface area contributed by atoms with Crippen molar-refractivity contribution >= 4 is 40.3 Å². The van der Waals surface area contributed by atoms with Crippen molar-refractivity contribution in [1.29, 1.82) is 0 Å². The molecule has 1 aliphatic rings. The summed E-state index contributed by atoms with van der Waals surface area (Å²) in [4.78, 5) is 4.35. The maximum atomic E-state index is 14.0. The molecular formula is C18H23ClFN5S. The van der Waals surface area contributed by atoms with Crippen LogP contribution in [-0.4, -0.2) is 31.3 Å². The number of piperazine rings is 1. The van der Waals surface area contributed by atoms with Gasteiger partial charge in [0.15, 0.2) is 5.11 Å². The minimum Gasteiger partial charge on any atom is -0.375 e. The van der Waals surface area contributed by atoms with Crippen LogP contribution in [0.1, 0.15) is 5.56 Å². The summed E-state index contributed by atoms with van der Waals surface area (Å²) >= 11 is 10.5. The fourth-order valence-electron chi connectivity index (χ4n) is 2.76. The molecule has 26 heavy (non-hydrogen) atoms. The molecule has 1 fully saturated rings. The summed E-state index contributed by atoms with van der Waals surface area (Å²) < 4.78 is 14.0. The second-order valence-electron chi connectivity index (χ2n) is 5.89. The van der Waals surface area contributed by atoms with E-state index in [-0.39, 0.29) is 10.9 Å². The van der Waals surface area contributed by atoms with E-state index in [1.807, 2.05) is 48.7 Å². The highest BCUT2D eigenvalue weighted by atomic mass is 35.5. The number of thiocarbonyl (C=S) groups is 1. The van der Waals surface area contributed by atoms with Crippen LogP contribution in [0.4, 0.5) is 15.8 Å². The molecule has 0 aliphatic carbocycles. The first kappa shape index (κ1) is 20.2. The minimum atomic E-state index is -0.138. The maximum Gasteiger partial charge on any atom is 0.177 e. The van der Waals surface area contributed by atoms with Gasteiger partial charge in [0.1, 0.15) is 5.82 Å². The molecule has 0 unspecified atom stereocenters. The highest BCUT2D eigenvalue weighted by Gasteiger charge is 2.20. The van der Waals surface area contributed by atoms with E-state index in [0.717, 1.165) is 42.5 Å². The van der Waals surface area contributed by atoms with Crippen LogP contribution in [-0.2, 0) is 0 Å². The van der Waals surface area contributed by atoms with Gasteiger partial charge in [0, 0.05) is 26.2 Å². The van der Waals surface area contributed by atoms with Gasteiger partial charge in [0.2, 0.25) is 0 Å². The topological polar surface area (TPSA) is 70.5 Å². The molecule has 1 aliphatic heterocycles. The average molecular weight is 396 g/mol. The lowest BCUT2D eigenvalue weighted by Gasteiger charge is -2.37. The molecule has 0 saturated carbocycles. The average Bonchev–Trinajstić information content (AvgIpc) is 2.63. The van der Waals surface area contributed by atoms with E-state index >= 15 is 0 Å². The van der Waals surface area contributed by atoms with Gasteiger partial charge in [-0.05, 0) is 49.0 Å². The van der Waals surface area contributed by atoms with Crippen molar-refractivity contribution in [2.75, 3.05) is 36.0 Å². The molecule has 1 heterocycles. The van der Waals surface area contributed by atoms with Crippen molar-refractivity contribution < 1.29 is 4.39 Å². The van der Waals surface area contributed by atoms with Gasteiger partial charge in [0.25, 0.3) is 0 Å². The number of halogens is 2. The van der Waals surface area contributed by atoms with Crippen LogP contribution in [0.2, 0.25) is 5.02 Å². The Kier molecular flexibility index (Phi) is 7.44. The number of hydrogen-bond donors (Lipinski definition) is 3. The molecule has 5 N–H and O–H groups in total. The van der Waals surface area contributed by atoms with Crippen LogP contribution in [0.25, 0.3) is 0 Å². The van der Waals surface area contributed by atoms with Crippen LogP contribution < -0.4 is 26.8 Å². The van der Waals surface area contributed by atoms with Crippen LogP contribution in [0, 0.1) is 12.7 Å². The number of nitrogens with two attached hydrogens (primary N) is 2. The fraction of sp³-hybridized carbons (Fsp3) is 0.278. The molecule has 5 nitrogen and oxygen atoms in total. The molecule has 3 rings (SSSR count). The van der Waals surface area contributed by atoms with Gasteiger partial charge >= 0.3 is 0 Å². The number of para-hydroxylation sites is 1. The Hall–Kier alpha value is -2.09. The summed E-state index contributed by atoms with van der Waals surface area (Å²) in [5, 5.41) is 0.887. The predicted octanol–water partition coefficient (Wildman–Crippen LogP) is 2.81. The highest BCUT2D eigenvalue weighted by Crippen LogP contribution is 2.28. The molecule has 2 aromatic rings. The second kappa shape index (κ2) is 9.56. The summed E-state index contributed by atoms with van der Waals surface area (Å²) in [6.45, 7) is 5.19. The molecule has 1 saturated heterocycles. The van der Waals surface area contributed by atoms with E-state index in [0.29, 0.717) is 5.69 Å². The standard InChI is InChI=1S/C17H18ClFN2.CH5N3S/c1-13-6-7-17(15(19)12-13)21-10-8-20(9-11-21)16-5-3-2-4-14(16)18;2-1(5)4-3/h2-7,12H,8-11H2,1H3;3H2,(H3,2,4,5). The number of anilines is 2. The largest absolute Gasteiger partial charge is 0.375 e. The molecular weight excluding hydrogens is 373 g/mol. The molecule has 140 valence electrons. The first-order valence-electron chi connectivity index (χ1n) is 8.19. The second-order valence-corrected chi connectivity index (χ2v) is 6.74. The summed E-state index contributed by atoms with van der Waals surface area (Å²) in [5.74, 6) is 4.52. The van der Waals surface area contributed by atoms with Gasteiger partial charge < -0.3 is 21.0 Å². The Morgan fingerprint density at radius 3 is 2.12 bits per heavy atom. The normalized spacial score (nSPS) is 13.7. The lowest BCUT2D eigenvalue weighted by Crippen LogP contribution is -2.46. The third kappa shape index (κ3) is 5.45. The van der Waals surface area contributed by atoms with Crippen LogP contribution in [0.15, 0.2) is 42.5 Å². The first-order chi connectivity index (χ1) is 12.4. The van der Waals surface area contributed by atoms with E-state index in [1.165, 1.54) is 0 Å². The number of benzene rings is 2. The smallest absolute Gasteiger partial charge is 0.177 e. The zero-order chi connectivity index (χ0) is 19.1. The van der Waals surface area contributed by atoms with Crippen molar-refractivity contribution in [2.45, 2.75) is 6.92 Å². The van der Waals surface area contributed by atoms with Gasteiger partial charge in [-0.1, -0.05) is 29.8 Å². The number of nitrogens with zero attached hydrogens (tertiary/aromatic N) is 2. The highest BCUT2D eigenvalue weighted by molar-refractivity contribution is 7.80. The van der Waals surface area contributed by atoms with Gasteiger partial charge in [-0.2, -0.15) is 0 Å². The number of nitrogens with one attached hydrogen (secondary N) is 1. The van der Waals surface area contributed by atoms with E-state index < -0.39 is 0 Å². The summed E-state index contributed by atoms with van der Waals surface area (Å²) in [5.41, 5.74) is 9.53. The Balaban J connectivity index is 0.000000431. The molecule has 0 amide bonds. The fourth-order valence-corrected chi connectivity index (χ4v) is 3.02. The van der Waals surface area contributed by atoms with Crippen LogP contribution in [0.3, 0.4) is 0 Å². The van der Waals surface area contributed by atoms with Gasteiger partial charge in [-0.3, -0.25) is 0 Å². The van der Waals surface area contributed by atoms with E-state index in [4.69, 9.17) is 17.3 Å². The zero-order valence-electron chi connectivity index (χ0n) is 14.6. The first-order valence-corrected chi connectivity index (χ1v) is 8.97. The zero-order valence-corrected chi connectivity index (χ0v) is 16.2. The molecule has 0 radical (unpaired) electrons. The van der Waals surface area contributed by atoms with Crippen molar-refractivity contribution in [3.05, 3.63) is 58.9 Å². The summed E-state index contributed by atoms with van der Waals surface area (Å²) in [6.07, 6.45) is 0. The monoisotopic (exact) mass is 395 g/mol. The quantitative estimate of drug-likeness (QED) is 0.412. The molecule has 2 aromatic carbocycles. The SMILES string of the molecule is Cc1ccc(N2CCN(c3ccccc3Cl)CC2)c(F)c1.NNC(N)=S. The van der Waals surface area contributed by atoms with E-state index in [9.17, 15) is 4.39 Å². The van der Waals surface area contributed by atoms with Gasteiger partial charge in [-0.25, -0.2) is 10.2 Å². The van der Waals surface area contributed by atoms with Crippen molar-refractivity contribution in [2.24, 2.45) is 11.6 Å². The maximum absolute atomic E-state index is 14.0. The summed E-state index contributed by atoms with van der Waals surface area (Å²) in [7, 11) is 0. The van der Waals surface area contributed by atoms with Crippen molar-refractivity contribution in [3.8, 4) is 0 Å². The van der Waals surface area contributed by atoms with Crippen LogP contribution >= 0.6 is 23.8 Å². The Bertz CT molecular complexity index is 750. The third-order valence-electron chi connectivity index (χ3n) is 4.06. The Morgan fingerprint density at radius 1 is 1.08 bits per heavy atom. The number of hydrogen-bond acceptors (Lipinski definition) is 4. The van der Waals surface area contributed by atoms with Gasteiger partial charge in [-0.15, -0.1) is 0 Å². The minimum absolute atomic E-state index is 0.116. The number of aryl methyl sites for hydroxylation is 1. The van der Waals surface area contributed by atoms with Crippen molar-refractivity contribution in [3.63, 3.8) is 0 Å². The van der Waals surface area contributed by atoms with E-state index in [1.54, 1.807) is 6.07 Å². The van der Waals surface area contributed by atoms with Crippen molar-refractivity contribution in [1.82, 2.24) is 5.43 Å². The number of rotatable bonds is 2. The number of hydrazine groups is 1. The molecule has 0 bridgehead atoms. The molecule has 8 heteroatoms.